The molecule has 0 unspecified atom stereocenters. The SMILES string of the molecule is CCCC(=O)N1CCCC2(CCN(c3cccnc3)CC2)C1.O=C(O)C(F)(F)F. The van der Waals surface area contributed by atoms with Crippen molar-refractivity contribution in [3.05, 3.63) is 24.5 Å². The lowest BCUT2D eigenvalue weighted by Gasteiger charge is -2.48. The summed E-state index contributed by atoms with van der Waals surface area (Å²) < 4.78 is 31.7. The van der Waals surface area contributed by atoms with Gasteiger partial charge in [0, 0.05) is 38.8 Å². The van der Waals surface area contributed by atoms with Crippen molar-refractivity contribution in [2.75, 3.05) is 31.1 Å². The van der Waals surface area contributed by atoms with Gasteiger partial charge in [-0.25, -0.2) is 4.79 Å². The molecule has 1 spiro atoms. The third kappa shape index (κ3) is 6.61. The molecule has 0 aromatic carbocycles. The van der Waals surface area contributed by atoms with E-state index in [2.05, 4.69) is 27.8 Å². The fourth-order valence-electron chi connectivity index (χ4n) is 3.98. The number of aliphatic carboxylic acids is 1. The molecule has 162 valence electrons. The highest BCUT2D eigenvalue weighted by Gasteiger charge is 2.39. The third-order valence-electron chi connectivity index (χ3n) is 5.56. The maximum absolute atomic E-state index is 12.2. The minimum absolute atomic E-state index is 0.358. The molecule has 3 rings (SSSR count). The standard InChI is InChI=1S/C18H27N3O.C2HF3O2/c1-2-5-17(22)21-11-4-7-18(15-21)8-12-20(13-9-18)16-6-3-10-19-14-16;3-2(4,5)1(6)7/h3,6,10,14H,2,4-5,7-9,11-13,15H2,1H3;(H,6,7). The molecule has 6 nitrogen and oxygen atoms in total. The molecule has 2 aliphatic heterocycles. The molecule has 9 heteroatoms. The van der Waals surface area contributed by atoms with Crippen molar-refractivity contribution in [2.24, 2.45) is 5.41 Å². The number of likely N-dealkylation sites (tertiary alicyclic amines) is 1. The van der Waals surface area contributed by atoms with Crippen molar-refractivity contribution < 1.29 is 27.9 Å². The van der Waals surface area contributed by atoms with Gasteiger partial charge in [-0.3, -0.25) is 9.78 Å². The van der Waals surface area contributed by atoms with E-state index < -0.39 is 12.1 Å². The lowest BCUT2D eigenvalue weighted by atomic mass is 9.72. The summed E-state index contributed by atoms with van der Waals surface area (Å²) in [6.07, 6.45) is 5.19. The van der Waals surface area contributed by atoms with Crippen LogP contribution in [-0.4, -0.2) is 59.2 Å². The topological polar surface area (TPSA) is 73.7 Å². The van der Waals surface area contributed by atoms with Crippen LogP contribution in [0, 0.1) is 5.41 Å². The van der Waals surface area contributed by atoms with E-state index in [-0.39, 0.29) is 0 Å². The van der Waals surface area contributed by atoms with Crippen molar-refractivity contribution >= 4 is 17.6 Å². The number of rotatable bonds is 3. The van der Waals surface area contributed by atoms with Crippen LogP contribution < -0.4 is 4.90 Å². The van der Waals surface area contributed by atoms with Crippen molar-refractivity contribution in [3.8, 4) is 0 Å². The fourth-order valence-corrected chi connectivity index (χ4v) is 3.98. The van der Waals surface area contributed by atoms with E-state index >= 15 is 0 Å². The number of hydrogen-bond acceptors (Lipinski definition) is 4. The molecule has 2 aliphatic rings. The average molecular weight is 415 g/mol. The van der Waals surface area contributed by atoms with Gasteiger partial charge < -0.3 is 14.9 Å². The summed E-state index contributed by atoms with van der Waals surface area (Å²) in [5.41, 5.74) is 1.59. The second-order valence-corrected chi connectivity index (χ2v) is 7.67. The number of aromatic nitrogens is 1. The summed E-state index contributed by atoms with van der Waals surface area (Å²) in [6, 6.07) is 4.15. The maximum Gasteiger partial charge on any atom is 0.490 e. The number of hydrogen-bond donors (Lipinski definition) is 1. The number of carboxylic acid groups (broad SMARTS) is 1. The van der Waals surface area contributed by atoms with Crippen molar-refractivity contribution in [1.82, 2.24) is 9.88 Å². The quantitative estimate of drug-likeness (QED) is 0.815. The molecule has 3 heterocycles. The van der Waals surface area contributed by atoms with Gasteiger partial charge in [0.1, 0.15) is 0 Å². The number of nitrogens with zero attached hydrogens (tertiary/aromatic N) is 3. The van der Waals surface area contributed by atoms with Crippen LogP contribution in [0.4, 0.5) is 18.9 Å². The Morgan fingerprint density at radius 3 is 2.38 bits per heavy atom. The number of halogens is 3. The van der Waals surface area contributed by atoms with Crippen LogP contribution in [0.5, 0.6) is 0 Å². The summed E-state index contributed by atoms with van der Waals surface area (Å²) in [4.78, 5) is 29.9. The Bertz CT molecular complexity index is 675. The van der Waals surface area contributed by atoms with E-state index in [1.807, 2.05) is 18.5 Å². The Balaban J connectivity index is 0.000000370. The maximum atomic E-state index is 12.2. The second kappa shape index (κ2) is 9.93. The van der Waals surface area contributed by atoms with Gasteiger partial charge in [0.05, 0.1) is 11.9 Å². The predicted octanol–water partition coefficient (Wildman–Crippen LogP) is 3.72. The van der Waals surface area contributed by atoms with Gasteiger partial charge in [0.2, 0.25) is 5.91 Å². The van der Waals surface area contributed by atoms with Gasteiger partial charge >= 0.3 is 12.1 Å². The molecular weight excluding hydrogens is 387 g/mol. The van der Waals surface area contributed by atoms with Crippen LogP contribution in [-0.2, 0) is 9.59 Å². The van der Waals surface area contributed by atoms with E-state index in [1.54, 1.807) is 0 Å². The smallest absolute Gasteiger partial charge is 0.475 e. The molecule has 0 bridgehead atoms. The van der Waals surface area contributed by atoms with Gasteiger partial charge in [-0.2, -0.15) is 13.2 Å². The van der Waals surface area contributed by atoms with Crippen LogP contribution in [0.25, 0.3) is 0 Å². The third-order valence-corrected chi connectivity index (χ3v) is 5.56. The molecule has 0 radical (unpaired) electrons. The number of carbonyl (C=O) groups excluding carboxylic acids is 1. The largest absolute Gasteiger partial charge is 0.490 e. The minimum atomic E-state index is -5.08. The Labute approximate surface area is 168 Å². The zero-order chi connectivity index (χ0) is 21.5. The van der Waals surface area contributed by atoms with Crippen LogP contribution >= 0.6 is 0 Å². The lowest BCUT2D eigenvalue weighted by Crippen LogP contribution is -2.51. The number of piperidine rings is 2. The van der Waals surface area contributed by atoms with Crippen LogP contribution in [0.15, 0.2) is 24.5 Å². The monoisotopic (exact) mass is 415 g/mol. The van der Waals surface area contributed by atoms with Crippen molar-refractivity contribution in [3.63, 3.8) is 0 Å². The van der Waals surface area contributed by atoms with E-state index in [9.17, 15) is 18.0 Å². The van der Waals surface area contributed by atoms with E-state index in [4.69, 9.17) is 9.90 Å². The number of amides is 1. The highest BCUT2D eigenvalue weighted by atomic mass is 19.4. The summed E-state index contributed by atoms with van der Waals surface area (Å²) >= 11 is 0. The first-order chi connectivity index (χ1) is 13.7. The number of carbonyl (C=O) groups is 2. The first-order valence-corrected chi connectivity index (χ1v) is 9.90. The summed E-state index contributed by atoms with van der Waals surface area (Å²) in [6.45, 7) is 6.20. The highest BCUT2D eigenvalue weighted by Crippen LogP contribution is 2.40. The highest BCUT2D eigenvalue weighted by molar-refractivity contribution is 5.76. The fraction of sp³-hybridized carbons (Fsp3) is 0.650. The zero-order valence-corrected chi connectivity index (χ0v) is 16.6. The molecule has 1 N–H and O–H groups in total. The Kier molecular flexibility index (Phi) is 7.87. The lowest BCUT2D eigenvalue weighted by molar-refractivity contribution is -0.192. The molecule has 2 saturated heterocycles. The van der Waals surface area contributed by atoms with Crippen molar-refractivity contribution in [2.45, 2.75) is 51.6 Å². The minimum Gasteiger partial charge on any atom is -0.475 e. The Hall–Kier alpha value is -2.32. The van der Waals surface area contributed by atoms with E-state index in [1.165, 1.54) is 31.4 Å². The molecule has 1 amide bonds. The number of carboxylic acids is 1. The normalized spacial score (nSPS) is 18.8. The molecule has 29 heavy (non-hydrogen) atoms. The molecule has 2 fully saturated rings. The van der Waals surface area contributed by atoms with Gasteiger partial charge in [0.25, 0.3) is 0 Å². The van der Waals surface area contributed by atoms with Crippen LogP contribution in [0.2, 0.25) is 0 Å². The van der Waals surface area contributed by atoms with Gasteiger partial charge in [-0.1, -0.05) is 6.92 Å². The molecular formula is C20H28F3N3O3. The molecule has 1 aromatic heterocycles. The van der Waals surface area contributed by atoms with E-state index in [0.29, 0.717) is 17.7 Å². The summed E-state index contributed by atoms with van der Waals surface area (Å²) in [5.74, 6) is -2.40. The predicted molar refractivity (Wildman–Crippen MR) is 103 cm³/mol. The first kappa shape index (κ1) is 23.0. The molecule has 0 atom stereocenters. The van der Waals surface area contributed by atoms with Crippen LogP contribution in [0.3, 0.4) is 0 Å². The molecule has 1 aromatic rings. The van der Waals surface area contributed by atoms with Gasteiger partial charge in [0.15, 0.2) is 0 Å². The van der Waals surface area contributed by atoms with Gasteiger partial charge in [-0.15, -0.1) is 0 Å². The second-order valence-electron chi connectivity index (χ2n) is 7.67. The van der Waals surface area contributed by atoms with Gasteiger partial charge in [-0.05, 0) is 49.7 Å². The van der Waals surface area contributed by atoms with Crippen LogP contribution in [0.1, 0.15) is 45.4 Å². The summed E-state index contributed by atoms with van der Waals surface area (Å²) in [5, 5.41) is 7.12. The molecule has 0 saturated carbocycles. The average Bonchev–Trinajstić information content (AvgIpc) is 2.69. The number of pyridine rings is 1. The van der Waals surface area contributed by atoms with Crippen molar-refractivity contribution in [1.29, 1.82) is 0 Å². The first-order valence-electron chi connectivity index (χ1n) is 9.90. The zero-order valence-electron chi connectivity index (χ0n) is 16.6. The Morgan fingerprint density at radius 2 is 1.86 bits per heavy atom. The van der Waals surface area contributed by atoms with E-state index in [0.717, 1.165) is 32.6 Å². The number of anilines is 1. The molecule has 0 aliphatic carbocycles. The number of alkyl halides is 3. The Morgan fingerprint density at radius 1 is 1.21 bits per heavy atom. The summed E-state index contributed by atoms with van der Waals surface area (Å²) in [7, 11) is 0.